The van der Waals surface area contributed by atoms with Crippen LogP contribution >= 0.6 is 0 Å². The number of carbonyl (C=O) groups is 1. The van der Waals surface area contributed by atoms with Gasteiger partial charge in [-0.25, -0.2) is 8.78 Å². The lowest BCUT2D eigenvalue weighted by Crippen LogP contribution is -2.54. The molecule has 4 unspecified atom stereocenters. The summed E-state index contributed by atoms with van der Waals surface area (Å²) in [4.78, 5) is 17.5. The van der Waals surface area contributed by atoms with E-state index in [1.165, 1.54) is 62.7 Å². The number of nitrogens with two attached hydrogens (primary N) is 1. The number of rotatable bonds is 5. The predicted octanol–water partition coefficient (Wildman–Crippen LogP) is 5.43. The van der Waals surface area contributed by atoms with Gasteiger partial charge in [-0.05, 0) is 81.5 Å². The molecule has 0 bridgehead atoms. The van der Waals surface area contributed by atoms with Gasteiger partial charge in [0.05, 0.1) is 18.4 Å². The van der Waals surface area contributed by atoms with Crippen LogP contribution in [0.4, 0.5) is 8.78 Å². The first-order valence-corrected chi connectivity index (χ1v) is 14.6. The molecule has 5 nitrogen and oxygen atoms in total. The first-order valence-electron chi connectivity index (χ1n) is 14.6. The topological polar surface area (TPSA) is 73.4 Å². The van der Waals surface area contributed by atoms with Gasteiger partial charge < -0.3 is 10.6 Å². The van der Waals surface area contributed by atoms with E-state index in [-0.39, 0.29) is 36.2 Å². The summed E-state index contributed by atoms with van der Waals surface area (Å²) in [5.41, 5.74) is 5.91. The lowest BCUT2D eigenvalue weighted by atomic mass is 9.71. The van der Waals surface area contributed by atoms with E-state index >= 15 is 0 Å². The molecule has 1 amide bonds. The Kier molecular flexibility index (Phi) is 7.72. The molecule has 4 atom stereocenters. The van der Waals surface area contributed by atoms with E-state index < -0.39 is 12.5 Å². The number of carbonyl (C=O) groups excluding carboxylic acids is 1. The van der Waals surface area contributed by atoms with Crippen molar-refractivity contribution in [1.29, 1.82) is 5.41 Å². The fourth-order valence-corrected chi connectivity index (χ4v) is 8.44. The van der Waals surface area contributed by atoms with E-state index in [9.17, 15) is 13.6 Å². The monoisotopic (exact) mass is 492 g/mol. The molecule has 3 saturated carbocycles. The lowest BCUT2D eigenvalue weighted by Gasteiger charge is -2.42. The highest BCUT2D eigenvalue weighted by Crippen LogP contribution is 2.45. The lowest BCUT2D eigenvalue weighted by molar-refractivity contribution is -0.147. The molecule has 5 fully saturated rings. The zero-order valence-electron chi connectivity index (χ0n) is 21.4. The van der Waals surface area contributed by atoms with Crippen LogP contribution < -0.4 is 5.73 Å². The van der Waals surface area contributed by atoms with Gasteiger partial charge in [-0.2, -0.15) is 0 Å². The molecule has 7 heteroatoms. The first-order chi connectivity index (χ1) is 16.8. The minimum atomic E-state index is -2.76. The summed E-state index contributed by atoms with van der Waals surface area (Å²) in [6.45, 7) is 0.939. The highest BCUT2D eigenvalue weighted by Gasteiger charge is 2.50. The van der Waals surface area contributed by atoms with Gasteiger partial charge in [0.1, 0.15) is 0 Å². The number of amidine groups is 1. The summed E-state index contributed by atoms with van der Waals surface area (Å²) < 4.78 is 28.3. The second kappa shape index (κ2) is 10.6. The molecule has 0 aromatic heterocycles. The van der Waals surface area contributed by atoms with Crippen molar-refractivity contribution in [3.05, 3.63) is 0 Å². The van der Waals surface area contributed by atoms with E-state index in [0.29, 0.717) is 24.8 Å². The predicted molar refractivity (Wildman–Crippen MR) is 134 cm³/mol. The smallest absolute Gasteiger partial charge is 0.265 e. The van der Waals surface area contributed by atoms with Crippen molar-refractivity contribution in [2.75, 3.05) is 19.6 Å². The van der Waals surface area contributed by atoms with Crippen LogP contribution in [0.15, 0.2) is 0 Å². The van der Waals surface area contributed by atoms with E-state index in [2.05, 4.69) is 4.90 Å². The van der Waals surface area contributed by atoms with Gasteiger partial charge in [-0.1, -0.05) is 32.1 Å². The van der Waals surface area contributed by atoms with E-state index in [0.717, 1.165) is 44.1 Å². The number of nitrogens with zero attached hydrogens (tertiary/aromatic N) is 2. The van der Waals surface area contributed by atoms with Crippen LogP contribution in [0.5, 0.6) is 0 Å². The van der Waals surface area contributed by atoms with E-state index in [1.807, 2.05) is 0 Å². The molecule has 0 spiro atoms. The number of likely N-dealkylation sites (tertiary alicyclic amines) is 2. The van der Waals surface area contributed by atoms with Gasteiger partial charge in [-0.15, -0.1) is 0 Å². The van der Waals surface area contributed by atoms with Gasteiger partial charge in [0.15, 0.2) is 0 Å². The number of piperidine rings is 1. The Morgan fingerprint density at radius 1 is 0.886 bits per heavy atom. The van der Waals surface area contributed by atoms with Gasteiger partial charge in [0.2, 0.25) is 5.91 Å². The first kappa shape index (κ1) is 25.4. The Balaban J connectivity index is 1.27. The Morgan fingerprint density at radius 2 is 1.57 bits per heavy atom. The van der Waals surface area contributed by atoms with Crippen LogP contribution in [0.25, 0.3) is 0 Å². The minimum absolute atomic E-state index is 0.0750. The average molecular weight is 493 g/mol. The average Bonchev–Trinajstić information content (AvgIpc) is 3.21. The van der Waals surface area contributed by atoms with E-state index in [1.54, 1.807) is 0 Å². The van der Waals surface area contributed by atoms with Gasteiger partial charge in [0, 0.05) is 31.5 Å². The standard InChI is InChI=1S/C28H46F2N4O/c29-28(30)13-4-14-33(18-28)27(35)25-15-22-11-12-23(26(31)32)16-24(22)34(25)17-19-7-9-21(10-8-19)20-5-2-1-3-6-20/h19-25H,1-18H2,(H3,31,32). The maximum absolute atomic E-state index is 14.2. The number of amides is 1. The molecule has 2 heterocycles. The van der Waals surface area contributed by atoms with Crippen molar-refractivity contribution in [2.45, 2.75) is 114 Å². The SMILES string of the molecule is N=C(N)C1CCC2CC(C(=O)N3CCCC(F)(F)C3)N(CC3CCC(C4CCCCC4)CC3)C2C1. The molecule has 5 aliphatic rings. The molecule has 5 rings (SSSR count). The summed E-state index contributed by atoms with van der Waals surface area (Å²) in [5, 5.41) is 8.02. The number of halogens is 2. The molecular formula is C28H46F2N4O. The minimum Gasteiger partial charge on any atom is -0.387 e. The molecular weight excluding hydrogens is 446 g/mol. The zero-order valence-corrected chi connectivity index (χ0v) is 21.4. The summed E-state index contributed by atoms with van der Waals surface area (Å²) >= 11 is 0. The van der Waals surface area contributed by atoms with Crippen molar-refractivity contribution in [2.24, 2.45) is 35.3 Å². The second-order valence-corrected chi connectivity index (χ2v) is 12.6. The third-order valence-corrected chi connectivity index (χ3v) is 10.4. The number of fused-ring (bicyclic) bond motifs is 1. The van der Waals surface area contributed by atoms with Crippen molar-refractivity contribution in [3.8, 4) is 0 Å². The molecule has 2 aliphatic heterocycles. The molecule has 0 aromatic rings. The Labute approximate surface area is 210 Å². The number of hydrogen-bond donors (Lipinski definition) is 2. The van der Waals surface area contributed by atoms with Crippen molar-refractivity contribution in [1.82, 2.24) is 9.80 Å². The van der Waals surface area contributed by atoms with Crippen LogP contribution in [0.2, 0.25) is 0 Å². The molecule has 0 radical (unpaired) electrons. The highest BCUT2D eigenvalue weighted by molar-refractivity contribution is 5.83. The Morgan fingerprint density at radius 3 is 2.26 bits per heavy atom. The molecule has 3 aliphatic carbocycles. The summed E-state index contributed by atoms with van der Waals surface area (Å²) in [6.07, 6.45) is 15.9. The van der Waals surface area contributed by atoms with Crippen molar-refractivity contribution in [3.63, 3.8) is 0 Å². The van der Waals surface area contributed by atoms with Crippen LogP contribution in [-0.2, 0) is 4.79 Å². The maximum Gasteiger partial charge on any atom is 0.265 e. The van der Waals surface area contributed by atoms with Crippen LogP contribution in [0.3, 0.4) is 0 Å². The Bertz CT molecular complexity index is 762. The summed E-state index contributed by atoms with van der Waals surface area (Å²) in [5.74, 6) is 0.326. The molecule has 0 aromatic carbocycles. The van der Waals surface area contributed by atoms with Gasteiger partial charge in [0.25, 0.3) is 5.92 Å². The Hall–Kier alpha value is -1.24. The largest absolute Gasteiger partial charge is 0.387 e. The number of hydrogen-bond acceptors (Lipinski definition) is 3. The second-order valence-electron chi connectivity index (χ2n) is 12.6. The highest BCUT2D eigenvalue weighted by atomic mass is 19.3. The normalized spacial score (nSPS) is 38.7. The molecule has 3 N–H and O–H groups in total. The van der Waals surface area contributed by atoms with Crippen LogP contribution in [-0.4, -0.2) is 59.2 Å². The molecule has 198 valence electrons. The zero-order chi connectivity index (χ0) is 24.6. The quantitative estimate of drug-likeness (QED) is 0.397. The summed E-state index contributed by atoms with van der Waals surface area (Å²) in [6, 6.07) is -0.0198. The maximum atomic E-state index is 14.2. The van der Waals surface area contributed by atoms with Gasteiger partial charge >= 0.3 is 0 Å². The van der Waals surface area contributed by atoms with Crippen molar-refractivity contribution < 1.29 is 13.6 Å². The van der Waals surface area contributed by atoms with Gasteiger partial charge in [-0.3, -0.25) is 15.1 Å². The van der Waals surface area contributed by atoms with Crippen molar-refractivity contribution >= 4 is 11.7 Å². The van der Waals surface area contributed by atoms with Crippen LogP contribution in [0, 0.1) is 35.0 Å². The molecule has 35 heavy (non-hydrogen) atoms. The van der Waals surface area contributed by atoms with Crippen LogP contribution in [0.1, 0.15) is 96.3 Å². The third-order valence-electron chi connectivity index (χ3n) is 10.4. The fourth-order valence-electron chi connectivity index (χ4n) is 8.44. The van der Waals surface area contributed by atoms with E-state index in [4.69, 9.17) is 11.1 Å². The molecule has 2 saturated heterocycles. The fraction of sp³-hybridized carbons (Fsp3) is 0.929. The summed E-state index contributed by atoms with van der Waals surface area (Å²) in [7, 11) is 0. The number of nitrogens with one attached hydrogen (secondary N) is 1. The number of alkyl halides is 2. The third kappa shape index (κ3) is 5.70.